The van der Waals surface area contributed by atoms with E-state index in [4.69, 9.17) is 4.74 Å². The van der Waals surface area contributed by atoms with Gasteiger partial charge < -0.3 is 10.1 Å². The van der Waals surface area contributed by atoms with E-state index in [2.05, 4.69) is 10.3 Å². The van der Waals surface area contributed by atoms with Crippen LogP contribution in [0.3, 0.4) is 0 Å². The summed E-state index contributed by atoms with van der Waals surface area (Å²) in [4.78, 5) is 18.2. The zero-order valence-corrected chi connectivity index (χ0v) is 12.8. The molecule has 0 aliphatic carbocycles. The number of thiophene rings is 1. The Morgan fingerprint density at radius 3 is 2.64 bits per heavy atom. The lowest BCUT2D eigenvalue weighted by atomic mass is 10.3. The maximum Gasteiger partial charge on any atom is 0.265 e. The van der Waals surface area contributed by atoms with Crippen molar-refractivity contribution in [3.05, 3.63) is 70.5 Å². The van der Waals surface area contributed by atoms with E-state index in [-0.39, 0.29) is 5.91 Å². The summed E-state index contributed by atoms with van der Waals surface area (Å²) in [6, 6.07) is 16.6. The normalized spacial score (nSPS) is 10.2. The van der Waals surface area contributed by atoms with Gasteiger partial charge in [-0.25, -0.2) is 4.98 Å². The van der Waals surface area contributed by atoms with Gasteiger partial charge in [-0.05, 0) is 43.3 Å². The van der Waals surface area contributed by atoms with Gasteiger partial charge in [0.15, 0.2) is 0 Å². The second kappa shape index (κ2) is 6.41. The molecule has 1 amide bonds. The molecule has 0 unspecified atom stereocenters. The van der Waals surface area contributed by atoms with Gasteiger partial charge >= 0.3 is 0 Å². The number of nitrogens with one attached hydrogen (secondary N) is 1. The maximum atomic E-state index is 12.2. The van der Waals surface area contributed by atoms with Crippen LogP contribution in [0.25, 0.3) is 0 Å². The molecule has 5 heteroatoms. The molecule has 1 aromatic carbocycles. The Hall–Kier alpha value is -2.66. The molecule has 3 aromatic rings. The van der Waals surface area contributed by atoms with Gasteiger partial charge in [0, 0.05) is 11.1 Å². The fourth-order valence-electron chi connectivity index (χ4n) is 1.91. The van der Waals surface area contributed by atoms with Gasteiger partial charge in [-0.2, -0.15) is 0 Å². The average molecular weight is 310 g/mol. The van der Waals surface area contributed by atoms with Crippen molar-refractivity contribution >= 4 is 22.9 Å². The van der Waals surface area contributed by atoms with Crippen LogP contribution in [0, 0.1) is 6.92 Å². The quantitative estimate of drug-likeness (QED) is 0.772. The molecule has 110 valence electrons. The molecule has 22 heavy (non-hydrogen) atoms. The minimum absolute atomic E-state index is 0.163. The van der Waals surface area contributed by atoms with Crippen LogP contribution in [-0.4, -0.2) is 10.9 Å². The lowest BCUT2D eigenvalue weighted by Gasteiger charge is -2.10. The predicted molar refractivity (Wildman–Crippen MR) is 87.8 cm³/mol. The van der Waals surface area contributed by atoms with E-state index in [0.29, 0.717) is 22.2 Å². The number of para-hydroxylation sites is 1. The first kappa shape index (κ1) is 14.3. The van der Waals surface area contributed by atoms with Crippen LogP contribution >= 0.6 is 11.3 Å². The molecule has 0 fully saturated rings. The van der Waals surface area contributed by atoms with E-state index >= 15 is 0 Å². The molecule has 0 aliphatic rings. The molecule has 3 rings (SSSR count). The second-order valence-electron chi connectivity index (χ2n) is 4.64. The standard InChI is InChI=1S/C17H14N2O2S/c1-12-9-10-15(22-12)16(20)19-14-8-5-11-18-17(14)21-13-6-3-2-4-7-13/h2-11H,1H3,(H,19,20). The Labute approximate surface area is 132 Å². The zero-order valence-electron chi connectivity index (χ0n) is 11.9. The highest BCUT2D eigenvalue weighted by molar-refractivity contribution is 7.14. The summed E-state index contributed by atoms with van der Waals surface area (Å²) in [5, 5.41) is 2.84. The largest absolute Gasteiger partial charge is 0.437 e. The number of carbonyl (C=O) groups is 1. The molecule has 0 radical (unpaired) electrons. The smallest absolute Gasteiger partial charge is 0.265 e. The Kier molecular flexibility index (Phi) is 4.16. The van der Waals surface area contributed by atoms with E-state index in [0.717, 1.165) is 4.88 Å². The number of anilines is 1. The molecule has 0 saturated heterocycles. The molecule has 4 nitrogen and oxygen atoms in total. The molecule has 1 N–H and O–H groups in total. The monoisotopic (exact) mass is 310 g/mol. The Morgan fingerprint density at radius 1 is 1.09 bits per heavy atom. The highest BCUT2D eigenvalue weighted by Crippen LogP contribution is 2.27. The Bertz CT molecular complexity index is 784. The van der Waals surface area contributed by atoms with E-state index in [1.165, 1.54) is 11.3 Å². The third-order valence-corrected chi connectivity index (χ3v) is 3.94. The number of amides is 1. The van der Waals surface area contributed by atoms with Crippen LogP contribution in [0.1, 0.15) is 14.5 Å². The van der Waals surface area contributed by atoms with Crippen molar-refractivity contribution in [2.24, 2.45) is 0 Å². The molecular weight excluding hydrogens is 296 g/mol. The number of pyridine rings is 1. The van der Waals surface area contributed by atoms with Crippen molar-refractivity contribution < 1.29 is 9.53 Å². The van der Waals surface area contributed by atoms with Gasteiger partial charge in [0.1, 0.15) is 11.4 Å². The third kappa shape index (κ3) is 3.32. The van der Waals surface area contributed by atoms with E-state index in [9.17, 15) is 4.79 Å². The van der Waals surface area contributed by atoms with Crippen molar-refractivity contribution in [2.75, 3.05) is 5.32 Å². The third-order valence-electron chi connectivity index (χ3n) is 2.94. The SMILES string of the molecule is Cc1ccc(C(=O)Nc2cccnc2Oc2ccccc2)s1. The molecule has 2 heterocycles. The van der Waals surface area contributed by atoms with Crippen LogP contribution < -0.4 is 10.1 Å². The molecule has 0 bridgehead atoms. The van der Waals surface area contributed by atoms with Crippen LogP contribution in [0.15, 0.2) is 60.8 Å². The topological polar surface area (TPSA) is 51.2 Å². The van der Waals surface area contributed by atoms with Crippen molar-refractivity contribution in [3.8, 4) is 11.6 Å². The van der Waals surface area contributed by atoms with Gasteiger partial charge in [0.05, 0.1) is 4.88 Å². The number of hydrogen-bond acceptors (Lipinski definition) is 4. The number of benzene rings is 1. The van der Waals surface area contributed by atoms with Crippen molar-refractivity contribution in [1.29, 1.82) is 0 Å². The Balaban J connectivity index is 1.81. The lowest BCUT2D eigenvalue weighted by Crippen LogP contribution is -2.11. The maximum absolute atomic E-state index is 12.2. The predicted octanol–water partition coefficient (Wildman–Crippen LogP) is 4.50. The van der Waals surface area contributed by atoms with Crippen LogP contribution in [-0.2, 0) is 0 Å². The summed E-state index contributed by atoms with van der Waals surface area (Å²) in [5.74, 6) is 0.878. The van der Waals surface area contributed by atoms with Gasteiger partial charge in [0.2, 0.25) is 5.88 Å². The number of ether oxygens (including phenoxy) is 1. The fourth-order valence-corrected chi connectivity index (χ4v) is 2.67. The summed E-state index contributed by atoms with van der Waals surface area (Å²) in [6.07, 6.45) is 1.63. The number of aryl methyl sites for hydroxylation is 1. The van der Waals surface area contributed by atoms with Gasteiger partial charge in [-0.15, -0.1) is 11.3 Å². The fraction of sp³-hybridized carbons (Fsp3) is 0.0588. The number of rotatable bonds is 4. The first-order chi connectivity index (χ1) is 10.7. The minimum atomic E-state index is -0.163. The van der Waals surface area contributed by atoms with Gasteiger partial charge in [-0.1, -0.05) is 18.2 Å². The number of aromatic nitrogens is 1. The van der Waals surface area contributed by atoms with Crippen LogP contribution in [0.2, 0.25) is 0 Å². The Morgan fingerprint density at radius 2 is 1.91 bits per heavy atom. The summed E-state index contributed by atoms with van der Waals surface area (Å²) in [6.45, 7) is 1.97. The summed E-state index contributed by atoms with van der Waals surface area (Å²) in [5.41, 5.74) is 0.544. The van der Waals surface area contributed by atoms with Crippen molar-refractivity contribution in [1.82, 2.24) is 4.98 Å². The highest BCUT2D eigenvalue weighted by Gasteiger charge is 2.12. The number of carbonyl (C=O) groups excluding carboxylic acids is 1. The highest BCUT2D eigenvalue weighted by atomic mass is 32.1. The lowest BCUT2D eigenvalue weighted by molar-refractivity contribution is 0.103. The average Bonchev–Trinajstić information content (AvgIpc) is 2.97. The second-order valence-corrected chi connectivity index (χ2v) is 5.92. The van der Waals surface area contributed by atoms with Crippen LogP contribution in [0.5, 0.6) is 11.6 Å². The molecular formula is C17H14N2O2S. The molecule has 0 saturated carbocycles. The zero-order chi connectivity index (χ0) is 15.4. The van der Waals surface area contributed by atoms with E-state index in [1.807, 2.05) is 49.4 Å². The summed E-state index contributed by atoms with van der Waals surface area (Å²) >= 11 is 1.45. The first-order valence-electron chi connectivity index (χ1n) is 6.78. The number of hydrogen-bond donors (Lipinski definition) is 1. The van der Waals surface area contributed by atoms with Gasteiger partial charge in [0.25, 0.3) is 5.91 Å². The van der Waals surface area contributed by atoms with Crippen molar-refractivity contribution in [3.63, 3.8) is 0 Å². The van der Waals surface area contributed by atoms with E-state index < -0.39 is 0 Å². The van der Waals surface area contributed by atoms with E-state index in [1.54, 1.807) is 18.3 Å². The van der Waals surface area contributed by atoms with Crippen molar-refractivity contribution in [2.45, 2.75) is 6.92 Å². The summed E-state index contributed by atoms with van der Waals surface area (Å²) in [7, 11) is 0. The molecule has 0 spiro atoms. The van der Waals surface area contributed by atoms with Gasteiger partial charge in [-0.3, -0.25) is 4.79 Å². The summed E-state index contributed by atoms with van der Waals surface area (Å²) < 4.78 is 5.73. The first-order valence-corrected chi connectivity index (χ1v) is 7.60. The number of nitrogens with zero attached hydrogens (tertiary/aromatic N) is 1. The molecule has 0 atom stereocenters. The van der Waals surface area contributed by atoms with Crippen LogP contribution in [0.4, 0.5) is 5.69 Å². The minimum Gasteiger partial charge on any atom is -0.437 e. The molecule has 2 aromatic heterocycles. The molecule has 0 aliphatic heterocycles.